The van der Waals surface area contributed by atoms with Crippen molar-refractivity contribution in [2.45, 2.75) is 23.1 Å². The highest BCUT2D eigenvalue weighted by Crippen LogP contribution is 2.18. The van der Waals surface area contributed by atoms with E-state index < -0.39 is 21.9 Å². The molecule has 0 aliphatic heterocycles. The van der Waals surface area contributed by atoms with Gasteiger partial charge in [0.1, 0.15) is 5.82 Å². The predicted molar refractivity (Wildman–Crippen MR) is 75.0 cm³/mol. The van der Waals surface area contributed by atoms with Gasteiger partial charge in [0.25, 0.3) is 0 Å². The van der Waals surface area contributed by atoms with Gasteiger partial charge >= 0.3 is 0 Å². The lowest BCUT2D eigenvalue weighted by molar-refractivity contribution is 0.282. The molecule has 1 aromatic rings. The van der Waals surface area contributed by atoms with Gasteiger partial charge in [-0.15, -0.1) is 0 Å². The Morgan fingerprint density at radius 1 is 1.47 bits per heavy atom. The Morgan fingerprint density at radius 3 is 2.58 bits per heavy atom. The lowest BCUT2D eigenvalue weighted by Gasteiger charge is -2.21. The van der Waals surface area contributed by atoms with E-state index in [4.69, 9.17) is 10.8 Å². The molecule has 108 valence electrons. The van der Waals surface area contributed by atoms with E-state index in [0.29, 0.717) is 0 Å². The Kier molecular flexibility index (Phi) is 5.60. The van der Waals surface area contributed by atoms with Crippen molar-refractivity contribution in [2.75, 3.05) is 18.6 Å². The Balaban J connectivity index is 2.98. The average Bonchev–Trinajstić information content (AvgIpc) is 2.28. The van der Waals surface area contributed by atoms with E-state index in [1.807, 2.05) is 0 Å². The summed E-state index contributed by atoms with van der Waals surface area (Å²) < 4.78 is 39.7. The number of sulfonamides is 1. The highest BCUT2D eigenvalue weighted by atomic mass is 32.2. The first-order valence-corrected chi connectivity index (χ1v) is 8.29. The maximum Gasteiger partial charge on any atom is 0.241 e. The fourth-order valence-corrected chi connectivity index (χ4v) is 3.63. The van der Waals surface area contributed by atoms with E-state index >= 15 is 0 Å². The Morgan fingerprint density at radius 2 is 2.11 bits per heavy atom. The quantitative estimate of drug-likeness (QED) is 0.676. The van der Waals surface area contributed by atoms with Crippen LogP contribution in [0.15, 0.2) is 23.1 Å². The number of hydrogen-bond donors (Lipinski definition) is 3. The van der Waals surface area contributed by atoms with Crippen molar-refractivity contribution in [1.82, 2.24) is 4.72 Å². The third-order valence-electron chi connectivity index (χ3n) is 2.59. The lowest BCUT2D eigenvalue weighted by atomic mass is 10.3. The summed E-state index contributed by atoms with van der Waals surface area (Å²) >= 11 is 1.34. The molecule has 1 aromatic carbocycles. The van der Waals surface area contributed by atoms with Gasteiger partial charge in [-0.05, 0) is 31.4 Å². The van der Waals surface area contributed by atoms with Crippen LogP contribution in [-0.2, 0) is 10.0 Å². The van der Waals surface area contributed by atoms with Crippen LogP contribution in [0.1, 0.15) is 6.92 Å². The maximum absolute atomic E-state index is 13.2. The largest absolute Gasteiger partial charge is 0.399 e. The smallest absolute Gasteiger partial charge is 0.241 e. The number of anilines is 1. The summed E-state index contributed by atoms with van der Waals surface area (Å²) in [5.74, 6) is -0.711. The first kappa shape index (κ1) is 16.2. The molecule has 0 bridgehead atoms. The molecule has 0 aromatic heterocycles. The van der Waals surface area contributed by atoms with Gasteiger partial charge in [-0.2, -0.15) is 11.8 Å². The summed E-state index contributed by atoms with van der Waals surface area (Å²) in [6.07, 6.45) is 1.77. The topological polar surface area (TPSA) is 92.4 Å². The van der Waals surface area contributed by atoms with Gasteiger partial charge in [-0.25, -0.2) is 17.5 Å². The van der Waals surface area contributed by atoms with Gasteiger partial charge in [-0.3, -0.25) is 0 Å². The van der Waals surface area contributed by atoms with Crippen LogP contribution in [0.3, 0.4) is 0 Å². The number of nitrogens with two attached hydrogens (primary N) is 1. The van der Waals surface area contributed by atoms with Crippen LogP contribution < -0.4 is 10.5 Å². The van der Waals surface area contributed by atoms with Crippen molar-refractivity contribution < 1.29 is 17.9 Å². The van der Waals surface area contributed by atoms with Crippen LogP contribution in [0.5, 0.6) is 0 Å². The number of thioether (sulfide) groups is 1. The number of nitrogen functional groups attached to an aromatic ring is 1. The molecule has 0 saturated carbocycles. The number of aliphatic hydroxyl groups excluding tert-OH is 1. The van der Waals surface area contributed by atoms with Crippen LogP contribution in [0.4, 0.5) is 10.1 Å². The molecule has 8 heteroatoms. The molecule has 2 unspecified atom stereocenters. The lowest BCUT2D eigenvalue weighted by Crippen LogP contribution is -2.41. The molecule has 0 saturated heterocycles. The molecule has 0 heterocycles. The summed E-state index contributed by atoms with van der Waals surface area (Å²) in [6, 6.07) is 2.64. The minimum atomic E-state index is -3.86. The van der Waals surface area contributed by atoms with Crippen molar-refractivity contribution in [3.05, 3.63) is 24.0 Å². The van der Waals surface area contributed by atoms with E-state index in [1.165, 1.54) is 17.8 Å². The average molecular weight is 308 g/mol. The number of nitrogens with one attached hydrogen (secondary N) is 1. The van der Waals surface area contributed by atoms with Gasteiger partial charge in [0.2, 0.25) is 10.0 Å². The van der Waals surface area contributed by atoms with Gasteiger partial charge in [0.15, 0.2) is 0 Å². The summed E-state index contributed by atoms with van der Waals surface area (Å²) in [5.41, 5.74) is 5.46. The number of benzene rings is 1. The van der Waals surface area contributed by atoms with E-state index in [1.54, 1.807) is 13.2 Å². The Bertz CT molecular complexity index is 512. The first-order chi connectivity index (χ1) is 8.80. The molecule has 0 radical (unpaired) electrons. The van der Waals surface area contributed by atoms with Gasteiger partial charge in [0, 0.05) is 17.0 Å². The molecule has 2 atom stereocenters. The number of hydrogen-bond acceptors (Lipinski definition) is 5. The molecule has 0 aliphatic carbocycles. The van der Waals surface area contributed by atoms with Crippen LogP contribution in [-0.4, -0.2) is 37.7 Å². The maximum atomic E-state index is 13.2. The van der Waals surface area contributed by atoms with Crippen molar-refractivity contribution in [2.24, 2.45) is 0 Å². The summed E-state index contributed by atoms with van der Waals surface area (Å²) in [6.45, 7) is 1.48. The number of rotatable bonds is 6. The van der Waals surface area contributed by atoms with Gasteiger partial charge in [0.05, 0.1) is 11.5 Å². The first-order valence-electron chi connectivity index (χ1n) is 5.52. The number of halogens is 1. The molecule has 1 rings (SSSR count). The van der Waals surface area contributed by atoms with E-state index in [9.17, 15) is 12.8 Å². The van der Waals surface area contributed by atoms with Gasteiger partial charge in [-0.1, -0.05) is 0 Å². The van der Waals surface area contributed by atoms with Crippen molar-refractivity contribution in [3.8, 4) is 0 Å². The highest BCUT2D eigenvalue weighted by Gasteiger charge is 2.23. The second-order valence-electron chi connectivity index (χ2n) is 4.09. The second kappa shape index (κ2) is 6.56. The van der Waals surface area contributed by atoms with E-state index in [-0.39, 0.29) is 22.4 Å². The monoisotopic (exact) mass is 308 g/mol. The zero-order chi connectivity index (χ0) is 14.6. The van der Waals surface area contributed by atoms with E-state index in [2.05, 4.69) is 4.72 Å². The molecular formula is C11H17FN2O3S2. The Labute approximate surface area is 116 Å². The highest BCUT2D eigenvalue weighted by molar-refractivity contribution is 7.99. The zero-order valence-electron chi connectivity index (χ0n) is 10.6. The fraction of sp³-hybridized carbons (Fsp3) is 0.455. The molecule has 5 nitrogen and oxygen atoms in total. The zero-order valence-corrected chi connectivity index (χ0v) is 12.3. The molecule has 0 fully saturated rings. The van der Waals surface area contributed by atoms with Crippen LogP contribution in [0, 0.1) is 5.82 Å². The summed E-state index contributed by atoms with van der Waals surface area (Å²) in [5, 5.41) is 8.84. The second-order valence-corrected chi connectivity index (χ2v) is 6.88. The van der Waals surface area contributed by atoms with Crippen LogP contribution >= 0.6 is 11.8 Å². The van der Waals surface area contributed by atoms with Gasteiger partial charge < -0.3 is 10.8 Å². The molecular weight excluding hydrogens is 291 g/mol. The summed E-state index contributed by atoms with van der Waals surface area (Å²) in [4.78, 5) is -0.227. The number of aliphatic hydroxyl groups is 1. The van der Waals surface area contributed by atoms with E-state index in [0.717, 1.165) is 12.1 Å². The molecule has 0 amide bonds. The standard InChI is InChI=1S/C11H17FN2O3S2/c1-7(11(6-15)18-2)14-19(16,17)10-4-8(12)3-9(13)5-10/h3-5,7,11,14-15H,6,13H2,1-2H3. The van der Waals surface area contributed by atoms with Crippen molar-refractivity contribution >= 4 is 27.5 Å². The molecule has 4 N–H and O–H groups in total. The van der Waals surface area contributed by atoms with Crippen molar-refractivity contribution in [1.29, 1.82) is 0 Å². The summed E-state index contributed by atoms with van der Waals surface area (Å²) in [7, 11) is -3.86. The minimum Gasteiger partial charge on any atom is -0.399 e. The fourth-order valence-electron chi connectivity index (χ4n) is 1.56. The molecule has 19 heavy (non-hydrogen) atoms. The van der Waals surface area contributed by atoms with Crippen LogP contribution in [0.2, 0.25) is 0 Å². The third kappa shape index (κ3) is 4.34. The van der Waals surface area contributed by atoms with Crippen LogP contribution in [0.25, 0.3) is 0 Å². The minimum absolute atomic E-state index is 0.0385. The normalized spacial score (nSPS) is 15.2. The predicted octanol–water partition coefficient (Wildman–Crippen LogP) is 0.799. The SMILES string of the molecule is CSC(CO)C(C)NS(=O)(=O)c1cc(N)cc(F)c1. The molecule has 0 aliphatic rings. The van der Waals surface area contributed by atoms with Crippen molar-refractivity contribution in [3.63, 3.8) is 0 Å². The molecule has 0 spiro atoms. The Hall–Kier alpha value is -0.830. The third-order valence-corrected chi connectivity index (χ3v) is 5.29.